The molecule has 0 aliphatic carbocycles. The first-order valence-electron chi connectivity index (χ1n) is 8.62. The lowest BCUT2D eigenvalue weighted by atomic mass is 10.2. The fourth-order valence-electron chi connectivity index (χ4n) is 2.78. The van der Waals surface area contributed by atoms with Crippen LogP contribution in [0.5, 0.6) is 0 Å². The fourth-order valence-corrected chi connectivity index (χ4v) is 3.95. The molecule has 2 aromatic carbocycles. The zero-order valence-electron chi connectivity index (χ0n) is 15.2. The number of aryl methyl sites for hydroxylation is 1. The van der Waals surface area contributed by atoms with Crippen LogP contribution in [0.4, 0.5) is 22.5 Å². The number of benzene rings is 2. The Morgan fingerprint density at radius 3 is 2.76 bits per heavy atom. The van der Waals surface area contributed by atoms with Crippen molar-refractivity contribution in [2.24, 2.45) is 0 Å². The van der Waals surface area contributed by atoms with E-state index in [9.17, 15) is 10.1 Å². The molecule has 146 valence electrons. The van der Waals surface area contributed by atoms with Gasteiger partial charge in [0, 0.05) is 11.6 Å². The second-order valence-corrected chi connectivity index (χ2v) is 7.67. The maximum absolute atomic E-state index is 11.7. The van der Waals surface area contributed by atoms with E-state index >= 15 is 0 Å². The third kappa shape index (κ3) is 4.10. The minimum atomic E-state index is -0.519. The van der Waals surface area contributed by atoms with E-state index in [0.717, 1.165) is 21.3 Å². The van der Waals surface area contributed by atoms with Crippen LogP contribution in [0.25, 0.3) is 10.2 Å². The number of anilines is 3. The standard InChI is InChI=1S/C19H15ClN6O2S/c1-11-6-7-14-15(8-11)29-19(24-14)25-18-16(26(27)28)17(22-10-23-18)21-9-12-4-2-3-5-13(12)20/h2-8,10H,9H2,1H3,(H2,21,22,23,24,25). The molecular weight excluding hydrogens is 412 g/mol. The molecule has 0 atom stereocenters. The number of aromatic nitrogens is 3. The van der Waals surface area contributed by atoms with Crippen molar-refractivity contribution in [2.75, 3.05) is 10.6 Å². The van der Waals surface area contributed by atoms with Gasteiger partial charge in [-0.05, 0) is 36.2 Å². The molecule has 0 bridgehead atoms. The molecule has 2 aromatic heterocycles. The summed E-state index contributed by atoms with van der Waals surface area (Å²) in [7, 11) is 0. The molecule has 10 heteroatoms. The van der Waals surface area contributed by atoms with E-state index in [0.29, 0.717) is 10.2 Å². The van der Waals surface area contributed by atoms with E-state index in [-0.39, 0.29) is 23.9 Å². The molecule has 0 aliphatic heterocycles. The molecule has 8 nitrogen and oxygen atoms in total. The molecule has 0 unspecified atom stereocenters. The van der Waals surface area contributed by atoms with Crippen LogP contribution < -0.4 is 10.6 Å². The molecule has 0 saturated carbocycles. The van der Waals surface area contributed by atoms with Crippen LogP contribution in [0, 0.1) is 17.0 Å². The predicted octanol–water partition coefficient (Wildman–Crippen LogP) is 5.31. The van der Waals surface area contributed by atoms with Crippen molar-refractivity contribution < 1.29 is 4.92 Å². The van der Waals surface area contributed by atoms with Gasteiger partial charge in [0.1, 0.15) is 6.33 Å². The monoisotopic (exact) mass is 426 g/mol. The molecule has 0 amide bonds. The molecule has 0 fully saturated rings. The highest BCUT2D eigenvalue weighted by Gasteiger charge is 2.24. The fraction of sp³-hybridized carbons (Fsp3) is 0.105. The molecule has 0 spiro atoms. The highest BCUT2D eigenvalue weighted by atomic mass is 35.5. The molecule has 2 heterocycles. The Morgan fingerprint density at radius 2 is 1.97 bits per heavy atom. The Labute approximate surface area is 174 Å². The van der Waals surface area contributed by atoms with Gasteiger partial charge >= 0.3 is 5.69 Å². The highest BCUT2D eigenvalue weighted by Crippen LogP contribution is 2.34. The number of nitrogens with zero attached hydrogens (tertiary/aromatic N) is 4. The summed E-state index contributed by atoms with van der Waals surface area (Å²) in [6, 6.07) is 13.2. The first kappa shape index (κ1) is 19.0. The lowest BCUT2D eigenvalue weighted by Crippen LogP contribution is -2.08. The lowest BCUT2D eigenvalue weighted by molar-refractivity contribution is -0.383. The number of halogens is 1. The minimum Gasteiger partial charge on any atom is -0.360 e. The van der Waals surface area contributed by atoms with Crippen LogP contribution in [0.15, 0.2) is 48.8 Å². The topological polar surface area (TPSA) is 106 Å². The summed E-state index contributed by atoms with van der Waals surface area (Å²) < 4.78 is 0.987. The second kappa shape index (κ2) is 7.98. The van der Waals surface area contributed by atoms with E-state index < -0.39 is 4.92 Å². The number of fused-ring (bicyclic) bond motifs is 1. The zero-order valence-corrected chi connectivity index (χ0v) is 16.8. The number of nitro groups is 1. The van der Waals surface area contributed by atoms with E-state index in [2.05, 4.69) is 25.6 Å². The van der Waals surface area contributed by atoms with Crippen LogP contribution in [0.1, 0.15) is 11.1 Å². The molecule has 4 rings (SSSR count). The van der Waals surface area contributed by atoms with Gasteiger partial charge < -0.3 is 10.6 Å². The Balaban J connectivity index is 1.63. The van der Waals surface area contributed by atoms with Gasteiger partial charge in [0.2, 0.25) is 11.6 Å². The number of hydrogen-bond acceptors (Lipinski definition) is 8. The number of hydrogen-bond donors (Lipinski definition) is 2. The number of thiazole rings is 1. The summed E-state index contributed by atoms with van der Waals surface area (Å²) in [4.78, 5) is 23.8. The summed E-state index contributed by atoms with van der Waals surface area (Å²) in [6.45, 7) is 2.29. The maximum Gasteiger partial charge on any atom is 0.353 e. The van der Waals surface area contributed by atoms with E-state index in [4.69, 9.17) is 11.6 Å². The molecule has 2 N–H and O–H groups in total. The molecule has 29 heavy (non-hydrogen) atoms. The van der Waals surface area contributed by atoms with Crippen LogP contribution in [-0.2, 0) is 6.54 Å². The summed E-state index contributed by atoms with van der Waals surface area (Å²) in [6.07, 6.45) is 1.27. The van der Waals surface area contributed by atoms with Crippen molar-refractivity contribution in [3.05, 3.63) is 75.1 Å². The van der Waals surface area contributed by atoms with Gasteiger partial charge in [-0.1, -0.05) is 47.2 Å². The number of nitrogens with one attached hydrogen (secondary N) is 2. The van der Waals surface area contributed by atoms with Gasteiger partial charge in [-0.15, -0.1) is 0 Å². The van der Waals surface area contributed by atoms with Crippen LogP contribution >= 0.6 is 22.9 Å². The van der Waals surface area contributed by atoms with Gasteiger partial charge in [0.25, 0.3) is 0 Å². The Morgan fingerprint density at radius 1 is 1.17 bits per heavy atom. The normalized spacial score (nSPS) is 10.8. The van der Waals surface area contributed by atoms with E-state index in [1.807, 2.05) is 43.3 Å². The van der Waals surface area contributed by atoms with Gasteiger partial charge in [-0.2, -0.15) is 0 Å². The number of rotatable bonds is 6. The molecule has 4 aromatic rings. The second-order valence-electron chi connectivity index (χ2n) is 6.24. The zero-order chi connectivity index (χ0) is 20.4. The summed E-state index contributed by atoms with van der Waals surface area (Å²) >= 11 is 7.56. The van der Waals surface area contributed by atoms with Gasteiger partial charge in [0.05, 0.1) is 15.1 Å². The smallest absolute Gasteiger partial charge is 0.353 e. The molecule has 0 saturated heterocycles. The van der Waals surface area contributed by atoms with E-state index in [1.54, 1.807) is 6.07 Å². The van der Waals surface area contributed by atoms with Crippen LogP contribution in [-0.4, -0.2) is 19.9 Å². The van der Waals surface area contributed by atoms with Crippen molar-refractivity contribution in [1.29, 1.82) is 0 Å². The van der Waals surface area contributed by atoms with Gasteiger partial charge in [0.15, 0.2) is 5.13 Å². The highest BCUT2D eigenvalue weighted by molar-refractivity contribution is 7.22. The van der Waals surface area contributed by atoms with E-state index in [1.165, 1.54) is 17.7 Å². The lowest BCUT2D eigenvalue weighted by Gasteiger charge is -2.09. The van der Waals surface area contributed by atoms with Gasteiger partial charge in [-0.3, -0.25) is 10.1 Å². The van der Waals surface area contributed by atoms with Gasteiger partial charge in [-0.25, -0.2) is 15.0 Å². The van der Waals surface area contributed by atoms with Crippen LogP contribution in [0.2, 0.25) is 5.02 Å². The Bertz CT molecular complexity index is 1210. The molecular formula is C19H15ClN6O2S. The van der Waals surface area contributed by atoms with Crippen molar-refractivity contribution in [1.82, 2.24) is 15.0 Å². The average molecular weight is 427 g/mol. The first-order valence-corrected chi connectivity index (χ1v) is 9.81. The average Bonchev–Trinajstić information content (AvgIpc) is 3.08. The summed E-state index contributed by atoms with van der Waals surface area (Å²) in [5.74, 6) is 0.173. The SMILES string of the molecule is Cc1ccc2nc(Nc3ncnc(NCc4ccccc4Cl)c3[N+](=O)[O-])sc2c1. The summed E-state index contributed by atoms with van der Waals surface area (Å²) in [5.41, 5.74) is 2.48. The van der Waals surface area contributed by atoms with Crippen molar-refractivity contribution in [3.63, 3.8) is 0 Å². The predicted molar refractivity (Wildman–Crippen MR) is 115 cm³/mol. The van der Waals surface area contributed by atoms with Crippen molar-refractivity contribution in [3.8, 4) is 0 Å². The summed E-state index contributed by atoms with van der Waals surface area (Å²) in [5, 5.41) is 18.8. The quantitative estimate of drug-likeness (QED) is 0.317. The Kier molecular flexibility index (Phi) is 5.24. The third-order valence-corrected chi connectivity index (χ3v) is 5.48. The third-order valence-electron chi connectivity index (χ3n) is 4.18. The minimum absolute atomic E-state index is 0.0717. The van der Waals surface area contributed by atoms with Crippen molar-refractivity contribution in [2.45, 2.75) is 13.5 Å². The Hall–Kier alpha value is -3.30. The molecule has 0 radical (unpaired) electrons. The van der Waals surface area contributed by atoms with Crippen LogP contribution in [0.3, 0.4) is 0 Å². The largest absolute Gasteiger partial charge is 0.360 e. The first-order chi connectivity index (χ1) is 14.0. The molecule has 0 aliphatic rings. The maximum atomic E-state index is 11.7. The van der Waals surface area contributed by atoms with Crippen molar-refractivity contribution >= 4 is 55.6 Å².